The van der Waals surface area contributed by atoms with Gasteiger partial charge in [-0.2, -0.15) is 0 Å². The number of carboxylic acid groups (broad SMARTS) is 1. The fourth-order valence-electron chi connectivity index (χ4n) is 7.10. The van der Waals surface area contributed by atoms with Crippen LogP contribution in [0.1, 0.15) is 206 Å². The lowest BCUT2D eigenvalue weighted by Gasteiger charge is -2.34. The van der Waals surface area contributed by atoms with Crippen molar-refractivity contribution in [2.24, 2.45) is 0 Å². The SMILES string of the molecule is CC/C=C\C/C=C\C/C=C\C/C=C\C/C=C\CCCCCC(=O)OC(COCCC(C(=O)[O-])[N+](C)(C)C)COC(=O)CCCCCCCCCCCCCCCCCCCC. The van der Waals surface area contributed by atoms with E-state index >= 15 is 0 Å². The summed E-state index contributed by atoms with van der Waals surface area (Å²) < 4.78 is 17.2. The molecule has 0 aliphatic carbocycles. The molecule has 8 nitrogen and oxygen atoms in total. The maximum atomic E-state index is 12.8. The minimum absolute atomic E-state index is 0.0270. The summed E-state index contributed by atoms with van der Waals surface area (Å²) in [4.78, 5) is 37.0. The van der Waals surface area contributed by atoms with Gasteiger partial charge in [-0.1, -0.05) is 190 Å². The zero-order valence-electron chi connectivity index (χ0n) is 40.1. The molecule has 61 heavy (non-hydrogen) atoms. The van der Waals surface area contributed by atoms with E-state index < -0.39 is 18.1 Å². The van der Waals surface area contributed by atoms with Gasteiger partial charge in [-0.05, 0) is 57.8 Å². The van der Waals surface area contributed by atoms with Gasteiger partial charge in [-0.15, -0.1) is 0 Å². The van der Waals surface area contributed by atoms with Crippen LogP contribution in [0.2, 0.25) is 0 Å². The molecule has 2 atom stereocenters. The average Bonchev–Trinajstić information content (AvgIpc) is 3.22. The van der Waals surface area contributed by atoms with Gasteiger partial charge in [-0.25, -0.2) is 0 Å². The van der Waals surface area contributed by atoms with Crippen LogP contribution in [0, 0.1) is 0 Å². The van der Waals surface area contributed by atoms with E-state index in [0.29, 0.717) is 12.8 Å². The molecule has 0 amide bonds. The van der Waals surface area contributed by atoms with E-state index in [1.165, 1.54) is 96.3 Å². The molecule has 0 aromatic rings. The average molecular weight is 856 g/mol. The number of likely N-dealkylation sites (N-methyl/N-ethyl adjacent to an activating group) is 1. The summed E-state index contributed by atoms with van der Waals surface area (Å²) in [6.45, 7) is 4.53. The van der Waals surface area contributed by atoms with Crippen molar-refractivity contribution in [3.8, 4) is 0 Å². The Kier molecular flexibility index (Phi) is 41.5. The third-order valence-corrected chi connectivity index (χ3v) is 10.9. The number of nitrogens with zero attached hydrogens (tertiary/aromatic N) is 1. The number of allylic oxidation sites excluding steroid dienone is 10. The molecular formula is C53H93NO7. The molecular weight excluding hydrogens is 763 g/mol. The van der Waals surface area contributed by atoms with Crippen LogP contribution in [-0.2, 0) is 28.6 Å². The highest BCUT2D eigenvalue weighted by atomic mass is 16.6. The number of quaternary nitrogens is 1. The predicted octanol–water partition coefficient (Wildman–Crippen LogP) is 12.8. The molecule has 0 spiro atoms. The van der Waals surface area contributed by atoms with Crippen molar-refractivity contribution in [3.63, 3.8) is 0 Å². The number of hydrogen-bond donors (Lipinski definition) is 0. The van der Waals surface area contributed by atoms with Crippen molar-refractivity contribution in [1.29, 1.82) is 0 Å². The first-order chi connectivity index (χ1) is 29.6. The maximum Gasteiger partial charge on any atom is 0.306 e. The molecule has 0 aromatic carbocycles. The Labute approximate surface area is 375 Å². The minimum atomic E-state index is -1.13. The second kappa shape index (κ2) is 43.7. The molecule has 0 bridgehead atoms. The van der Waals surface area contributed by atoms with E-state index in [2.05, 4.69) is 74.6 Å². The monoisotopic (exact) mass is 856 g/mol. The highest BCUT2D eigenvalue weighted by Gasteiger charge is 2.25. The fraction of sp³-hybridized carbons (Fsp3) is 0.755. The van der Waals surface area contributed by atoms with Gasteiger partial charge in [0.1, 0.15) is 12.6 Å². The Hall–Kier alpha value is -2.97. The van der Waals surface area contributed by atoms with Crippen molar-refractivity contribution in [1.82, 2.24) is 0 Å². The molecule has 0 rings (SSSR count). The fourth-order valence-corrected chi connectivity index (χ4v) is 7.10. The lowest BCUT2D eigenvalue weighted by molar-refractivity contribution is -0.889. The molecule has 0 aliphatic rings. The van der Waals surface area contributed by atoms with Crippen LogP contribution < -0.4 is 5.11 Å². The molecule has 0 N–H and O–H groups in total. The molecule has 0 aliphatic heterocycles. The maximum absolute atomic E-state index is 12.8. The molecule has 0 aromatic heterocycles. The van der Waals surface area contributed by atoms with Crippen LogP contribution in [0.25, 0.3) is 0 Å². The number of aliphatic carboxylic acids is 1. The van der Waals surface area contributed by atoms with Gasteiger partial charge in [-0.3, -0.25) is 9.59 Å². The van der Waals surface area contributed by atoms with Gasteiger partial charge >= 0.3 is 11.9 Å². The molecule has 0 radical (unpaired) electrons. The van der Waals surface area contributed by atoms with E-state index in [-0.39, 0.29) is 49.1 Å². The second-order valence-electron chi connectivity index (χ2n) is 17.7. The van der Waals surface area contributed by atoms with Gasteiger partial charge < -0.3 is 28.6 Å². The Balaban J connectivity index is 4.33. The quantitative estimate of drug-likeness (QED) is 0.0260. The number of hydrogen-bond acceptors (Lipinski definition) is 7. The third-order valence-electron chi connectivity index (χ3n) is 10.9. The summed E-state index contributed by atoms with van der Waals surface area (Å²) in [6.07, 6.45) is 53.9. The molecule has 8 heteroatoms. The number of unbranched alkanes of at least 4 members (excludes halogenated alkanes) is 20. The number of rotatable bonds is 44. The molecule has 0 saturated carbocycles. The zero-order chi connectivity index (χ0) is 44.9. The predicted molar refractivity (Wildman–Crippen MR) is 254 cm³/mol. The lowest BCUT2D eigenvalue weighted by atomic mass is 10.0. The Morgan fingerprint density at radius 3 is 1.36 bits per heavy atom. The van der Waals surface area contributed by atoms with Crippen molar-refractivity contribution in [2.45, 2.75) is 219 Å². The lowest BCUT2D eigenvalue weighted by Crippen LogP contribution is -2.55. The second-order valence-corrected chi connectivity index (χ2v) is 17.7. The Bertz CT molecular complexity index is 1180. The molecule has 2 unspecified atom stereocenters. The number of carboxylic acids is 1. The van der Waals surface area contributed by atoms with Gasteiger partial charge in [0.05, 0.1) is 40.3 Å². The van der Waals surface area contributed by atoms with E-state index in [9.17, 15) is 19.5 Å². The van der Waals surface area contributed by atoms with Crippen LogP contribution in [-0.4, -0.2) is 75.5 Å². The summed E-state index contributed by atoms with van der Waals surface area (Å²) in [5, 5.41) is 11.7. The summed E-state index contributed by atoms with van der Waals surface area (Å²) in [5.41, 5.74) is 0. The highest BCUT2D eigenvalue weighted by molar-refractivity contribution is 5.70. The standard InChI is InChI=1S/C53H93NO7/c1-6-8-10-12-14-16-18-20-22-24-26-28-30-32-34-36-38-40-42-44-52(56)61-49(47-59-46-45-50(53(57)58)54(3,4)5)48-60-51(55)43-41-39-37-35-33-31-29-27-25-23-21-19-17-15-13-11-9-7-2/h8,10,14,16,20,22,26,28,32,34,49-50H,6-7,9,11-13,15,17-19,21,23-25,27,29-31,33,35-48H2,1-5H3/b10-8-,16-14-,22-20-,28-26-,34-32-. The normalized spacial score (nSPS) is 13.4. The highest BCUT2D eigenvalue weighted by Crippen LogP contribution is 2.15. The van der Waals surface area contributed by atoms with Crippen LogP contribution in [0.3, 0.4) is 0 Å². The van der Waals surface area contributed by atoms with Gasteiger partial charge in [0.25, 0.3) is 0 Å². The van der Waals surface area contributed by atoms with Crippen molar-refractivity contribution < 1.29 is 38.2 Å². The van der Waals surface area contributed by atoms with E-state index in [4.69, 9.17) is 14.2 Å². The first kappa shape index (κ1) is 58.0. The van der Waals surface area contributed by atoms with Gasteiger partial charge in [0.2, 0.25) is 0 Å². The number of ether oxygens (including phenoxy) is 3. The topological polar surface area (TPSA) is 102 Å². The van der Waals surface area contributed by atoms with Gasteiger partial charge in [0.15, 0.2) is 6.10 Å². The smallest absolute Gasteiger partial charge is 0.306 e. The first-order valence-electron chi connectivity index (χ1n) is 24.8. The van der Waals surface area contributed by atoms with Gasteiger partial charge in [0, 0.05) is 19.3 Å². The number of esters is 2. The summed E-state index contributed by atoms with van der Waals surface area (Å²) in [7, 11) is 5.40. The van der Waals surface area contributed by atoms with Crippen molar-refractivity contribution in [3.05, 3.63) is 60.8 Å². The van der Waals surface area contributed by atoms with Crippen LogP contribution >= 0.6 is 0 Å². The largest absolute Gasteiger partial charge is 0.544 e. The first-order valence-corrected chi connectivity index (χ1v) is 24.8. The van der Waals surface area contributed by atoms with E-state index in [1.54, 1.807) is 21.1 Å². The van der Waals surface area contributed by atoms with E-state index in [1.807, 2.05) is 0 Å². The summed E-state index contributed by atoms with van der Waals surface area (Å²) >= 11 is 0. The van der Waals surface area contributed by atoms with Crippen LogP contribution in [0.4, 0.5) is 0 Å². The molecule has 352 valence electrons. The molecule has 0 saturated heterocycles. The molecule has 0 heterocycles. The van der Waals surface area contributed by atoms with E-state index in [0.717, 1.165) is 70.6 Å². The van der Waals surface area contributed by atoms with Crippen molar-refractivity contribution >= 4 is 17.9 Å². The number of carbonyl (C=O) groups is 3. The third kappa shape index (κ3) is 42.1. The summed E-state index contributed by atoms with van der Waals surface area (Å²) in [5.74, 6) is -1.77. The Morgan fingerprint density at radius 2 is 0.918 bits per heavy atom. The number of carbonyl (C=O) groups excluding carboxylic acids is 3. The Morgan fingerprint density at radius 1 is 0.508 bits per heavy atom. The summed E-state index contributed by atoms with van der Waals surface area (Å²) in [6, 6.07) is -0.734. The van der Waals surface area contributed by atoms with Crippen molar-refractivity contribution in [2.75, 3.05) is 41.0 Å². The minimum Gasteiger partial charge on any atom is -0.544 e. The van der Waals surface area contributed by atoms with Crippen LogP contribution in [0.15, 0.2) is 60.8 Å². The zero-order valence-corrected chi connectivity index (χ0v) is 40.1. The molecule has 0 fully saturated rings. The van der Waals surface area contributed by atoms with Crippen LogP contribution in [0.5, 0.6) is 0 Å².